The first-order valence-electron chi connectivity index (χ1n) is 8.12. The number of hydrogen-bond donors (Lipinski definition) is 2. The van der Waals surface area contributed by atoms with Crippen molar-refractivity contribution in [1.29, 1.82) is 0 Å². The van der Waals surface area contributed by atoms with Crippen molar-refractivity contribution in [2.75, 3.05) is 26.2 Å². The van der Waals surface area contributed by atoms with Crippen LogP contribution >= 0.6 is 0 Å². The molecule has 2 aliphatic rings. The summed E-state index contributed by atoms with van der Waals surface area (Å²) in [6.07, 6.45) is 6.62. The van der Waals surface area contributed by atoms with E-state index in [0.717, 1.165) is 25.9 Å². The lowest BCUT2D eigenvalue weighted by atomic mass is 10.0. The van der Waals surface area contributed by atoms with E-state index < -0.39 is 0 Å². The number of nitrogens with one attached hydrogen (secondary N) is 1. The minimum absolute atomic E-state index is 0.0333. The van der Waals surface area contributed by atoms with Gasteiger partial charge in [0.05, 0.1) is 6.10 Å². The standard InChI is InChI=1S/C15H29N3O2/c1-2-12-5-3-4-9-18(12)10-8-17-15(19)14-7-6-13(11-16)20-14/h12-14H,2-11,16H2,1H3,(H,17,19)/t12?,13-,14+/m1/s1. The number of ether oxygens (including phenoxy) is 1. The molecular weight excluding hydrogens is 254 g/mol. The van der Waals surface area contributed by atoms with Crippen molar-refractivity contribution in [1.82, 2.24) is 10.2 Å². The summed E-state index contributed by atoms with van der Waals surface area (Å²) >= 11 is 0. The predicted molar refractivity (Wildman–Crippen MR) is 79.5 cm³/mol. The number of rotatable bonds is 6. The van der Waals surface area contributed by atoms with Crippen molar-refractivity contribution in [2.45, 2.75) is 63.7 Å². The summed E-state index contributed by atoms with van der Waals surface area (Å²) in [5.74, 6) is 0.0333. The maximum Gasteiger partial charge on any atom is 0.249 e. The van der Waals surface area contributed by atoms with Gasteiger partial charge >= 0.3 is 0 Å². The number of likely N-dealkylation sites (tertiary alicyclic amines) is 1. The Morgan fingerprint density at radius 3 is 2.90 bits per heavy atom. The third-order valence-corrected chi connectivity index (χ3v) is 4.58. The first-order chi connectivity index (χ1) is 9.74. The zero-order chi connectivity index (χ0) is 14.4. The van der Waals surface area contributed by atoms with Gasteiger partial charge in [0.2, 0.25) is 5.91 Å². The minimum atomic E-state index is -0.285. The molecule has 116 valence electrons. The van der Waals surface area contributed by atoms with Gasteiger partial charge in [-0.1, -0.05) is 13.3 Å². The van der Waals surface area contributed by atoms with Crippen LogP contribution in [0.3, 0.4) is 0 Å². The fourth-order valence-corrected chi connectivity index (χ4v) is 3.33. The molecule has 0 radical (unpaired) electrons. The van der Waals surface area contributed by atoms with Crippen LogP contribution < -0.4 is 11.1 Å². The second-order valence-corrected chi connectivity index (χ2v) is 5.94. The van der Waals surface area contributed by atoms with Crippen molar-refractivity contribution in [3.05, 3.63) is 0 Å². The zero-order valence-electron chi connectivity index (χ0n) is 12.6. The van der Waals surface area contributed by atoms with Crippen molar-refractivity contribution in [3.63, 3.8) is 0 Å². The van der Waals surface area contributed by atoms with E-state index in [9.17, 15) is 4.79 Å². The maximum absolute atomic E-state index is 12.0. The van der Waals surface area contributed by atoms with Gasteiger partial charge in [-0.2, -0.15) is 0 Å². The molecule has 0 aromatic rings. The van der Waals surface area contributed by atoms with Crippen LogP contribution in [0.5, 0.6) is 0 Å². The van der Waals surface area contributed by atoms with Gasteiger partial charge in [-0.3, -0.25) is 9.69 Å². The molecule has 0 aliphatic carbocycles. The molecular formula is C15H29N3O2. The van der Waals surface area contributed by atoms with E-state index in [-0.39, 0.29) is 18.1 Å². The van der Waals surface area contributed by atoms with E-state index in [1.807, 2.05) is 0 Å². The Bertz CT molecular complexity index is 311. The van der Waals surface area contributed by atoms with Crippen LogP contribution in [0.15, 0.2) is 0 Å². The number of nitrogens with two attached hydrogens (primary N) is 1. The minimum Gasteiger partial charge on any atom is -0.364 e. The van der Waals surface area contributed by atoms with Crippen LogP contribution in [0.2, 0.25) is 0 Å². The normalized spacial score (nSPS) is 31.4. The Labute approximate surface area is 122 Å². The fraction of sp³-hybridized carbons (Fsp3) is 0.933. The maximum atomic E-state index is 12.0. The van der Waals surface area contributed by atoms with Gasteiger partial charge in [-0.25, -0.2) is 0 Å². The molecule has 2 rings (SSSR count). The Kier molecular flexibility index (Phi) is 6.26. The number of carbonyl (C=O) groups excluding carboxylic acids is 1. The molecule has 0 aromatic carbocycles. The zero-order valence-corrected chi connectivity index (χ0v) is 12.6. The molecule has 2 fully saturated rings. The molecule has 2 saturated heterocycles. The van der Waals surface area contributed by atoms with Crippen LogP contribution in [0.25, 0.3) is 0 Å². The summed E-state index contributed by atoms with van der Waals surface area (Å²) < 4.78 is 5.61. The third kappa shape index (κ3) is 4.17. The summed E-state index contributed by atoms with van der Waals surface area (Å²) in [5, 5.41) is 3.01. The summed E-state index contributed by atoms with van der Waals surface area (Å²) in [7, 11) is 0. The van der Waals surface area contributed by atoms with Gasteiger partial charge in [0, 0.05) is 25.7 Å². The number of carbonyl (C=O) groups is 1. The molecule has 0 bridgehead atoms. The summed E-state index contributed by atoms with van der Waals surface area (Å²) in [6.45, 7) is 5.61. The topological polar surface area (TPSA) is 67.6 Å². The van der Waals surface area contributed by atoms with Crippen LogP contribution in [-0.2, 0) is 9.53 Å². The van der Waals surface area contributed by atoms with Crippen molar-refractivity contribution in [2.24, 2.45) is 5.73 Å². The van der Waals surface area contributed by atoms with Gasteiger partial charge in [0.1, 0.15) is 6.10 Å². The lowest BCUT2D eigenvalue weighted by Crippen LogP contribution is -2.45. The summed E-state index contributed by atoms with van der Waals surface area (Å²) in [5.41, 5.74) is 5.56. The second kappa shape index (κ2) is 7.96. The smallest absolute Gasteiger partial charge is 0.249 e. The molecule has 1 unspecified atom stereocenters. The van der Waals surface area contributed by atoms with E-state index in [2.05, 4.69) is 17.1 Å². The van der Waals surface area contributed by atoms with Crippen LogP contribution in [-0.4, -0.2) is 55.2 Å². The van der Waals surface area contributed by atoms with Crippen molar-refractivity contribution >= 4 is 5.91 Å². The summed E-state index contributed by atoms with van der Waals surface area (Å²) in [6, 6.07) is 0.699. The average Bonchev–Trinajstić information content (AvgIpc) is 2.96. The van der Waals surface area contributed by atoms with Crippen molar-refractivity contribution in [3.8, 4) is 0 Å². The molecule has 2 aliphatic heterocycles. The highest BCUT2D eigenvalue weighted by atomic mass is 16.5. The largest absolute Gasteiger partial charge is 0.364 e. The van der Waals surface area contributed by atoms with E-state index >= 15 is 0 Å². The molecule has 0 spiro atoms. The monoisotopic (exact) mass is 283 g/mol. The predicted octanol–water partition coefficient (Wildman–Crippen LogP) is 0.873. The van der Waals surface area contributed by atoms with E-state index in [4.69, 9.17) is 10.5 Å². The Balaban J connectivity index is 1.66. The Morgan fingerprint density at radius 2 is 2.20 bits per heavy atom. The van der Waals surface area contributed by atoms with Crippen molar-refractivity contribution < 1.29 is 9.53 Å². The van der Waals surface area contributed by atoms with Gasteiger partial charge in [0.15, 0.2) is 0 Å². The van der Waals surface area contributed by atoms with E-state index in [1.165, 1.54) is 32.2 Å². The number of nitrogens with zero attached hydrogens (tertiary/aromatic N) is 1. The fourth-order valence-electron chi connectivity index (χ4n) is 3.33. The average molecular weight is 283 g/mol. The Hall–Kier alpha value is -0.650. The van der Waals surface area contributed by atoms with Gasteiger partial charge in [0.25, 0.3) is 0 Å². The lowest BCUT2D eigenvalue weighted by Gasteiger charge is -2.35. The SMILES string of the molecule is CCC1CCCCN1CCNC(=O)[C@@H]1CC[C@H](CN)O1. The molecule has 2 heterocycles. The highest BCUT2D eigenvalue weighted by Gasteiger charge is 2.29. The van der Waals surface area contributed by atoms with Crippen LogP contribution in [0.1, 0.15) is 45.4 Å². The first kappa shape index (κ1) is 15.7. The first-order valence-corrected chi connectivity index (χ1v) is 8.12. The number of piperidine rings is 1. The van der Waals surface area contributed by atoms with Gasteiger partial charge in [-0.15, -0.1) is 0 Å². The lowest BCUT2D eigenvalue weighted by molar-refractivity contribution is -0.131. The molecule has 0 aromatic heterocycles. The quantitative estimate of drug-likeness (QED) is 0.759. The van der Waals surface area contributed by atoms with Gasteiger partial charge in [-0.05, 0) is 38.6 Å². The van der Waals surface area contributed by atoms with Crippen LogP contribution in [0, 0.1) is 0 Å². The third-order valence-electron chi connectivity index (χ3n) is 4.58. The van der Waals surface area contributed by atoms with E-state index in [0.29, 0.717) is 12.6 Å². The molecule has 3 N–H and O–H groups in total. The molecule has 5 nitrogen and oxygen atoms in total. The molecule has 1 amide bonds. The molecule has 5 heteroatoms. The highest BCUT2D eigenvalue weighted by molar-refractivity contribution is 5.81. The van der Waals surface area contributed by atoms with Gasteiger partial charge < -0.3 is 15.8 Å². The molecule has 3 atom stereocenters. The molecule has 20 heavy (non-hydrogen) atoms. The highest BCUT2D eigenvalue weighted by Crippen LogP contribution is 2.20. The Morgan fingerprint density at radius 1 is 1.35 bits per heavy atom. The van der Waals surface area contributed by atoms with E-state index in [1.54, 1.807) is 0 Å². The summed E-state index contributed by atoms with van der Waals surface area (Å²) in [4.78, 5) is 14.5. The number of amides is 1. The van der Waals surface area contributed by atoms with Crippen LogP contribution in [0.4, 0.5) is 0 Å². The molecule has 0 saturated carbocycles. The number of hydrogen-bond acceptors (Lipinski definition) is 4. The second-order valence-electron chi connectivity index (χ2n) is 5.94.